The lowest BCUT2D eigenvalue weighted by Gasteiger charge is -2.33. The summed E-state index contributed by atoms with van der Waals surface area (Å²) < 4.78 is 1.92. The van der Waals surface area contributed by atoms with Gasteiger partial charge in [-0.05, 0) is 37.5 Å². The van der Waals surface area contributed by atoms with Crippen molar-refractivity contribution in [2.45, 2.75) is 32.2 Å². The fourth-order valence-electron chi connectivity index (χ4n) is 3.35. The fourth-order valence-corrected chi connectivity index (χ4v) is 3.47. The number of anilines is 1. The number of nitrogens with one attached hydrogen (secondary N) is 1. The minimum Gasteiger partial charge on any atom is -0.343 e. The van der Waals surface area contributed by atoms with E-state index in [1.54, 1.807) is 0 Å². The lowest BCUT2D eigenvalue weighted by atomic mass is 9.85. The maximum Gasteiger partial charge on any atom is 0.163 e. The van der Waals surface area contributed by atoms with Crippen LogP contribution in [0.15, 0.2) is 41.6 Å². The Morgan fingerprint density at radius 2 is 2.05 bits per heavy atom. The smallest absolute Gasteiger partial charge is 0.163 e. The van der Waals surface area contributed by atoms with Gasteiger partial charge in [-0.15, -0.1) is 0 Å². The van der Waals surface area contributed by atoms with Gasteiger partial charge in [0.1, 0.15) is 11.9 Å². The zero-order chi connectivity index (χ0) is 15.3. The van der Waals surface area contributed by atoms with Gasteiger partial charge in [0.05, 0.1) is 5.69 Å². The Morgan fingerprint density at radius 3 is 2.82 bits per heavy atom. The molecule has 22 heavy (non-hydrogen) atoms. The molecule has 1 unspecified atom stereocenters. The number of rotatable bonds is 1. The molecule has 0 saturated carbocycles. The maximum atomic E-state index is 12.5. The van der Waals surface area contributed by atoms with Crippen molar-refractivity contribution in [3.8, 4) is 0 Å². The summed E-state index contributed by atoms with van der Waals surface area (Å²) >= 11 is 6.01. The van der Waals surface area contributed by atoms with E-state index in [0.717, 1.165) is 41.2 Å². The number of benzene rings is 1. The van der Waals surface area contributed by atoms with Crippen LogP contribution in [0.3, 0.4) is 0 Å². The van der Waals surface area contributed by atoms with Crippen molar-refractivity contribution in [1.29, 1.82) is 0 Å². The molecule has 1 atom stereocenters. The van der Waals surface area contributed by atoms with Crippen LogP contribution in [0.5, 0.6) is 0 Å². The number of hydrogen-bond acceptors (Lipinski definition) is 3. The van der Waals surface area contributed by atoms with E-state index in [1.807, 2.05) is 41.9 Å². The average Bonchev–Trinajstić information content (AvgIpc) is 2.86. The van der Waals surface area contributed by atoms with Crippen molar-refractivity contribution in [1.82, 2.24) is 9.78 Å². The fraction of sp³-hybridized carbons (Fsp3) is 0.294. The molecule has 4 nitrogen and oxygen atoms in total. The number of allylic oxidation sites excluding steroid dienone is 2. The quantitative estimate of drug-likeness (QED) is 0.869. The van der Waals surface area contributed by atoms with E-state index in [2.05, 4.69) is 10.4 Å². The number of hydrogen-bond donors (Lipinski definition) is 1. The van der Waals surface area contributed by atoms with Crippen LogP contribution in [0.1, 0.15) is 36.6 Å². The molecule has 0 bridgehead atoms. The first-order chi connectivity index (χ1) is 10.6. The molecule has 0 spiro atoms. The standard InChI is InChI=1S/C17H16ClN3O/c1-10-9-15-19-13-3-2-4-14(22)16(13)17(21(15)20-10)11-5-7-12(18)8-6-11/h5-9,17,19H,2-4H2,1H3. The van der Waals surface area contributed by atoms with Gasteiger partial charge in [0.2, 0.25) is 0 Å². The topological polar surface area (TPSA) is 46.9 Å². The molecule has 4 rings (SSSR count). The molecular weight excluding hydrogens is 298 g/mol. The largest absolute Gasteiger partial charge is 0.343 e. The second-order valence-corrected chi connectivity index (χ2v) is 6.30. The number of ketones is 1. The third kappa shape index (κ3) is 2.06. The highest BCUT2D eigenvalue weighted by atomic mass is 35.5. The van der Waals surface area contributed by atoms with E-state index in [-0.39, 0.29) is 11.8 Å². The molecule has 2 aliphatic rings. The minimum atomic E-state index is -0.162. The third-order valence-corrected chi connectivity index (χ3v) is 4.55. The zero-order valence-corrected chi connectivity index (χ0v) is 13.0. The highest BCUT2D eigenvalue weighted by Crippen LogP contribution is 2.40. The second-order valence-electron chi connectivity index (χ2n) is 5.86. The van der Waals surface area contributed by atoms with Crippen LogP contribution in [0.2, 0.25) is 5.02 Å². The molecule has 0 amide bonds. The lowest BCUT2D eigenvalue weighted by molar-refractivity contribution is -0.116. The minimum absolute atomic E-state index is 0.162. The maximum absolute atomic E-state index is 12.5. The Bertz CT molecular complexity index is 789. The molecule has 1 N–H and O–H groups in total. The van der Waals surface area contributed by atoms with Gasteiger partial charge in [0, 0.05) is 28.8 Å². The van der Waals surface area contributed by atoms with E-state index in [0.29, 0.717) is 11.4 Å². The van der Waals surface area contributed by atoms with Gasteiger partial charge in [-0.25, -0.2) is 4.68 Å². The summed E-state index contributed by atoms with van der Waals surface area (Å²) in [6.45, 7) is 1.97. The summed E-state index contributed by atoms with van der Waals surface area (Å²) in [4.78, 5) is 12.5. The average molecular weight is 314 g/mol. The Labute approximate surface area is 133 Å². The molecule has 0 saturated heterocycles. The Balaban J connectivity index is 1.92. The zero-order valence-electron chi connectivity index (χ0n) is 12.3. The summed E-state index contributed by atoms with van der Waals surface area (Å²) in [5, 5.41) is 8.68. The van der Waals surface area contributed by atoms with Gasteiger partial charge in [-0.1, -0.05) is 23.7 Å². The van der Waals surface area contributed by atoms with Gasteiger partial charge in [0.15, 0.2) is 5.78 Å². The first-order valence-electron chi connectivity index (χ1n) is 7.48. The molecule has 1 aromatic carbocycles. The number of nitrogens with zero attached hydrogens (tertiary/aromatic N) is 2. The van der Waals surface area contributed by atoms with E-state index < -0.39 is 0 Å². The number of carbonyl (C=O) groups excluding carboxylic acids is 1. The van der Waals surface area contributed by atoms with Gasteiger partial charge < -0.3 is 5.32 Å². The van der Waals surface area contributed by atoms with Crippen molar-refractivity contribution >= 4 is 23.2 Å². The molecule has 1 aliphatic carbocycles. The SMILES string of the molecule is Cc1cc2n(n1)C(c1ccc(Cl)cc1)C1=C(CCCC1=O)N2. The molecular formula is C17H16ClN3O. The molecule has 1 aliphatic heterocycles. The van der Waals surface area contributed by atoms with E-state index in [4.69, 9.17) is 11.6 Å². The lowest BCUT2D eigenvalue weighted by Crippen LogP contribution is -2.31. The summed E-state index contributed by atoms with van der Waals surface area (Å²) in [6, 6.07) is 9.54. The number of aromatic nitrogens is 2. The third-order valence-electron chi connectivity index (χ3n) is 4.30. The van der Waals surface area contributed by atoms with Crippen LogP contribution >= 0.6 is 11.6 Å². The van der Waals surface area contributed by atoms with Crippen molar-refractivity contribution < 1.29 is 4.79 Å². The molecule has 0 radical (unpaired) electrons. The van der Waals surface area contributed by atoms with Gasteiger partial charge in [0.25, 0.3) is 0 Å². The second kappa shape index (κ2) is 4.99. The molecule has 0 fully saturated rings. The first kappa shape index (κ1) is 13.6. The normalized spacial score (nSPS) is 20.5. The van der Waals surface area contributed by atoms with E-state index >= 15 is 0 Å². The van der Waals surface area contributed by atoms with Crippen molar-refractivity contribution in [3.05, 3.63) is 57.9 Å². The van der Waals surface area contributed by atoms with E-state index in [9.17, 15) is 4.79 Å². The summed E-state index contributed by atoms with van der Waals surface area (Å²) in [5.41, 5.74) is 3.87. The number of Topliss-reactive ketones (excluding diaryl/α,β-unsaturated/α-hetero) is 1. The molecule has 1 aromatic heterocycles. The molecule has 2 heterocycles. The Morgan fingerprint density at radius 1 is 1.27 bits per heavy atom. The van der Waals surface area contributed by atoms with Crippen molar-refractivity contribution in [2.75, 3.05) is 5.32 Å². The highest BCUT2D eigenvalue weighted by molar-refractivity contribution is 6.30. The Kier molecular flexibility index (Phi) is 3.08. The molecule has 5 heteroatoms. The van der Waals surface area contributed by atoms with Crippen LogP contribution in [0, 0.1) is 6.92 Å². The summed E-state index contributed by atoms with van der Waals surface area (Å²) in [6.07, 6.45) is 2.43. The summed E-state index contributed by atoms with van der Waals surface area (Å²) in [7, 11) is 0. The number of halogens is 1. The van der Waals surface area contributed by atoms with Crippen molar-refractivity contribution in [2.24, 2.45) is 0 Å². The predicted molar refractivity (Wildman–Crippen MR) is 86.1 cm³/mol. The van der Waals surface area contributed by atoms with Gasteiger partial charge >= 0.3 is 0 Å². The number of fused-ring (bicyclic) bond motifs is 1. The highest BCUT2D eigenvalue weighted by Gasteiger charge is 2.35. The summed E-state index contributed by atoms with van der Waals surface area (Å²) in [5.74, 6) is 1.17. The van der Waals surface area contributed by atoms with Crippen LogP contribution in [-0.4, -0.2) is 15.6 Å². The van der Waals surface area contributed by atoms with E-state index in [1.165, 1.54) is 0 Å². The van der Waals surface area contributed by atoms with Crippen LogP contribution < -0.4 is 5.32 Å². The monoisotopic (exact) mass is 313 g/mol. The van der Waals surface area contributed by atoms with Crippen molar-refractivity contribution in [3.63, 3.8) is 0 Å². The number of carbonyl (C=O) groups is 1. The van der Waals surface area contributed by atoms with Crippen LogP contribution in [-0.2, 0) is 4.79 Å². The number of aryl methyl sites for hydroxylation is 1. The molecule has 2 aromatic rings. The van der Waals surface area contributed by atoms with Gasteiger partial charge in [-0.2, -0.15) is 5.10 Å². The molecule has 112 valence electrons. The van der Waals surface area contributed by atoms with Crippen LogP contribution in [0.4, 0.5) is 5.82 Å². The Hall–Kier alpha value is -2.07. The van der Waals surface area contributed by atoms with Gasteiger partial charge in [-0.3, -0.25) is 4.79 Å². The predicted octanol–water partition coefficient (Wildman–Crippen LogP) is 3.87. The van der Waals surface area contributed by atoms with Crippen LogP contribution in [0.25, 0.3) is 0 Å². The first-order valence-corrected chi connectivity index (χ1v) is 7.86.